The first-order valence-corrected chi connectivity index (χ1v) is 34.9. The van der Waals surface area contributed by atoms with E-state index in [1.807, 2.05) is 83.1 Å². The number of carbonyl (C=O) groups is 4. The number of carbonyl (C=O) groups excluding carboxylic acids is 4. The number of hydrogen-bond acceptors (Lipinski definition) is 24. The van der Waals surface area contributed by atoms with E-state index in [1.165, 1.54) is 69.5 Å². The molecule has 13 rings (SSSR count). The van der Waals surface area contributed by atoms with Gasteiger partial charge in [-0.25, -0.2) is 34.9 Å². The summed E-state index contributed by atoms with van der Waals surface area (Å²) in [4.78, 5) is 79.2. The minimum Gasteiger partial charge on any atom is -0.399 e. The molecule has 3 aliphatic rings. The van der Waals surface area contributed by atoms with Crippen LogP contribution >= 0.6 is 58.0 Å². The van der Waals surface area contributed by atoms with Crippen LogP contribution in [-0.2, 0) is 55.8 Å². The summed E-state index contributed by atoms with van der Waals surface area (Å²) in [5.41, 5.74) is 39.3. The molecule has 0 unspecified atom stereocenters. The maximum absolute atomic E-state index is 10.9. The summed E-state index contributed by atoms with van der Waals surface area (Å²) in [6.45, 7) is 24.5. The molecular formula is C75H92BCl5N18O9. The van der Waals surface area contributed by atoms with Crippen molar-refractivity contribution in [3.63, 3.8) is 0 Å². The summed E-state index contributed by atoms with van der Waals surface area (Å²) < 4.78 is 28.6. The molecule has 11 heterocycles. The first kappa shape index (κ1) is 88.9. The van der Waals surface area contributed by atoms with Crippen molar-refractivity contribution in [3.05, 3.63) is 195 Å². The summed E-state index contributed by atoms with van der Waals surface area (Å²) in [7, 11) is -0.365. The van der Waals surface area contributed by atoms with E-state index in [2.05, 4.69) is 90.0 Å². The SMILES string of the molecule is C.C.CC(=O)Nc1cnc(-c2ccnc(N)c2)cc1Cl.CC(=O)Nc1cnc(Cl)cc1Cl.CC(=O)OC(C)=O.CC1(C)OB(c2ccnc(N)c2)OC1(C)C.Cc1nc2ccc(-c3ccnc(N)c3)nc2n1-c1cccc(CN2CCOCC2)c1.Nc1cccc(CN2CCOCC2)c1.Nc1cnc(Cl)cc1Cl. The van der Waals surface area contributed by atoms with E-state index >= 15 is 0 Å². The standard InChI is InChI=1S/C23H24N6O.C12H11ClN4O.C11H17BN2O2.C11H16N2O.C7H6Cl2N2O.C5H4Cl2N2.C4H6O3.2CH4/c1-16-26-21-6-5-20(18-7-8-25-22(24)14-18)27-23(21)29(16)19-4-2-3-17(13-19)15-28-9-11-30-12-10-28;1-7(18)17-11-6-16-10(5-9(11)13)8-2-3-15-12(14)4-8;1-10(2)11(3,4)16-12(15-10)8-5-6-14-9(13)7-8;12-11-3-1-2-10(8-11)9-13-4-6-14-7-5-13;1-4(12)11-6-3-10-7(9)2-5(6)8;6-3-1-5(7)9-2-4(3)8;1-3(5)7-4(2)6;;/h2-8,13-14H,9-12,15H2,1H3,(H2,24,25);2-6H,1H3,(H2,14,15)(H,17,18);5-7H,1-4H3,(H2,13,14);1-3,8H,4-7,9,12H2;2-3H,1H3,(H,11,12);1-2H,8H2;1-2H3;2*1H4. The number of aryl methyl sites for hydroxylation is 1. The van der Waals surface area contributed by atoms with Crippen LogP contribution in [0, 0.1) is 6.92 Å². The van der Waals surface area contributed by atoms with Crippen molar-refractivity contribution in [1.29, 1.82) is 0 Å². The minimum atomic E-state index is -0.562. The average Bonchev–Trinajstić information content (AvgIpc) is 1.63. The number of halogens is 5. The maximum Gasteiger partial charge on any atom is 0.495 e. The number of amides is 2. The van der Waals surface area contributed by atoms with Crippen LogP contribution in [0.15, 0.2) is 152 Å². The molecule has 0 saturated carbocycles. The van der Waals surface area contributed by atoms with Crippen LogP contribution in [0.5, 0.6) is 0 Å². The molecule has 0 atom stereocenters. The van der Waals surface area contributed by atoms with E-state index in [9.17, 15) is 19.2 Å². The predicted octanol–water partition coefficient (Wildman–Crippen LogP) is 13.3. The van der Waals surface area contributed by atoms with Gasteiger partial charge in [0, 0.05) is 108 Å². The van der Waals surface area contributed by atoms with Crippen LogP contribution in [0.1, 0.15) is 87.2 Å². The first-order valence-electron chi connectivity index (χ1n) is 33.0. The molecule has 574 valence electrons. The number of benzene rings is 2. The highest BCUT2D eigenvalue weighted by Crippen LogP contribution is 2.37. The third-order valence-corrected chi connectivity index (χ3v) is 17.1. The van der Waals surface area contributed by atoms with Gasteiger partial charge in [0.2, 0.25) is 11.8 Å². The third kappa shape index (κ3) is 28.5. The van der Waals surface area contributed by atoms with Crippen molar-refractivity contribution < 1.29 is 42.7 Å². The molecule has 10 aromatic rings. The smallest absolute Gasteiger partial charge is 0.399 e. The number of nitrogen functional groups attached to an aromatic ring is 5. The van der Waals surface area contributed by atoms with Gasteiger partial charge in [-0.1, -0.05) is 97.1 Å². The zero-order valence-electron chi connectivity index (χ0n) is 60.0. The zero-order chi connectivity index (χ0) is 77.3. The molecule has 3 saturated heterocycles. The molecule has 3 fully saturated rings. The van der Waals surface area contributed by atoms with Crippen LogP contribution in [0.25, 0.3) is 39.4 Å². The lowest BCUT2D eigenvalue weighted by Crippen LogP contribution is -2.41. The second-order valence-corrected chi connectivity index (χ2v) is 26.8. The Bertz CT molecular complexity index is 4600. The number of pyridine rings is 7. The Morgan fingerprint density at radius 2 is 1.00 bits per heavy atom. The first-order chi connectivity index (χ1) is 50.3. The number of ether oxygens (including phenoxy) is 3. The number of esters is 2. The fraction of sp³-hybridized carbons (Fsp3) is 0.307. The fourth-order valence-corrected chi connectivity index (χ4v) is 11.0. The molecular weight excluding hydrogens is 1490 g/mol. The Morgan fingerprint density at radius 1 is 0.528 bits per heavy atom. The van der Waals surface area contributed by atoms with Crippen molar-refractivity contribution in [3.8, 4) is 28.2 Å². The van der Waals surface area contributed by atoms with E-state index < -0.39 is 11.9 Å². The number of morpholine rings is 2. The van der Waals surface area contributed by atoms with Crippen LogP contribution in [-0.4, -0.2) is 149 Å². The van der Waals surface area contributed by atoms with Crippen molar-refractivity contribution in [2.75, 3.05) is 91.9 Å². The normalized spacial score (nSPS) is 13.9. The van der Waals surface area contributed by atoms with Gasteiger partial charge < -0.3 is 62.8 Å². The Hall–Kier alpha value is -9.69. The number of anilines is 7. The van der Waals surface area contributed by atoms with Gasteiger partial charge in [-0.2, -0.15) is 0 Å². The van der Waals surface area contributed by atoms with Gasteiger partial charge in [-0.15, -0.1) is 0 Å². The number of aromatic nitrogens is 9. The van der Waals surface area contributed by atoms with Crippen LogP contribution < -0.4 is 44.8 Å². The Balaban J connectivity index is 0.000000236. The lowest BCUT2D eigenvalue weighted by molar-refractivity contribution is -0.156. The molecule has 8 aromatic heterocycles. The van der Waals surface area contributed by atoms with E-state index in [4.69, 9.17) is 115 Å². The van der Waals surface area contributed by atoms with E-state index in [0.717, 1.165) is 116 Å². The molecule has 3 aliphatic heterocycles. The van der Waals surface area contributed by atoms with Gasteiger partial charge in [0.15, 0.2) is 5.65 Å². The minimum absolute atomic E-state index is 0. The monoisotopic (exact) mass is 1570 g/mol. The molecule has 12 N–H and O–H groups in total. The molecule has 27 nitrogen and oxygen atoms in total. The summed E-state index contributed by atoms with van der Waals surface area (Å²) >= 11 is 28.4. The lowest BCUT2D eigenvalue weighted by atomic mass is 9.80. The summed E-state index contributed by atoms with van der Waals surface area (Å²) in [5.74, 6) is 0.770. The number of nitrogens with zero attached hydrogens (tertiary/aromatic N) is 11. The molecule has 33 heteroatoms. The van der Waals surface area contributed by atoms with Gasteiger partial charge in [0.25, 0.3) is 0 Å². The van der Waals surface area contributed by atoms with Crippen molar-refractivity contribution >= 4 is 146 Å². The van der Waals surface area contributed by atoms with Crippen LogP contribution in [0.4, 0.5) is 40.2 Å². The second kappa shape index (κ2) is 42.8. The van der Waals surface area contributed by atoms with E-state index in [-0.39, 0.29) is 45.0 Å². The highest BCUT2D eigenvalue weighted by atomic mass is 35.5. The van der Waals surface area contributed by atoms with Gasteiger partial charge >= 0.3 is 19.1 Å². The van der Waals surface area contributed by atoms with E-state index in [0.29, 0.717) is 65.6 Å². The fourth-order valence-electron chi connectivity index (χ4n) is 10.0. The number of hydrogen-bond donors (Lipinski definition) is 7. The number of imidazole rings is 1. The zero-order valence-corrected chi connectivity index (χ0v) is 63.7. The second-order valence-electron chi connectivity index (χ2n) is 24.8. The molecule has 108 heavy (non-hydrogen) atoms. The molecule has 2 aromatic carbocycles. The number of nitrogens with two attached hydrogens (primary N) is 5. The van der Waals surface area contributed by atoms with Crippen molar-refractivity contribution in [1.82, 2.24) is 54.2 Å². The average molecular weight is 1580 g/mol. The number of fused-ring (bicyclic) bond motifs is 1. The van der Waals surface area contributed by atoms with Crippen LogP contribution in [0.3, 0.4) is 0 Å². The highest BCUT2D eigenvalue weighted by molar-refractivity contribution is 6.62. The topological polar surface area (TPSA) is 383 Å². The van der Waals surface area contributed by atoms with Crippen molar-refractivity contribution in [2.45, 2.75) is 101 Å². The van der Waals surface area contributed by atoms with Gasteiger partial charge in [-0.3, -0.25) is 38.5 Å². The maximum atomic E-state index is 10.9. The summed E-state index contributed by atoms with van der Waals surface area (Å²) in [5, 5.41) is 7.00. The number of rotatable bonds is 10. The molecule has 2 amide bonds. The van der Waals surface area contributed by atoms with Gasteiger partial charge in [0.1, 0.15) is 39.1 Å². The van der Waals surface area contributed by atoms with Gasteiger partial charge in [0.05, 0.1) is 99.7 Å². The predicted molar refractivity (Wildman–Crippen MR) is 433 cm³/mol. The molecule has 0 spiro atoms. The Kier molecular flexibility index (Phi) is 35.2. The van der Waals surface area contributed by atoms with Crippen molar-refractivity contribution in [2.24, 2.45) is 0 Å². The Labute approximate surface area is 655 Å². The molecule has 0 aliphatic carbocycles. The Morgan fingerprint density at radius 3 is 1.46 bits per heavy atom. The number of nitrogens with one attached hydrogen (secondary N) is 2. The summed E-state index contributed by atoms with van der Waals surface area (Å²) in [6.07, 6.45) is 9.30. The quantitative estimate of drug-likeness (QED) is 0.0220. The summed E-state index contributed by atoms with van der Waals surface area (Å²) in [6, 6.07) is 36.2. The molecule has 0 bridgehead atoms. The van der Waals surface area contributed by atoms with Crippen LogP contribution in [0.2, 0.25) is 25.4 Å². The lowest BCUT2D eigenvalue weighted by Gasteiger charge is -2.32. The molecule has 0 radical (unpaired) electrons. The van der Waals surface area contributed by atoms with Gasteiger partial charge in [-0.05, 0) is 142 Å². The highest BCUT2D eigenvalue weighted by Gasteiger charge is 2.51. The van der Waals surface area contributed by atoms with E-state index in [1.54, 1.807) is 42.9 Å². The largest absolute Gasteiger partial charge is 0.495 e. The third-order valence-electron chi connectivity index (χ3n) is 15.7.